The van der Waals surface area contributed by atoms with Crippen molar-refractivity contribution in [3.8, 4) is 5.75 Å². The number of aliphatic hydroxyl groups is 1. The quantitative estimate of drug-likeness (QED) is 0.0727. The molecule has 5 rings (SSSR count). The van der Waals surface area contributed by atoms with Gasteiger partial charge < -0.3 is 31.5 Å². The van der Waals surface area contributed by atoms with E-state index in [0.717, 1.165) is 93.8 Å². The van der Waals surface area contributed by atoms with E-state index in [1.54, 1.807) is 6.07 Å². The maximum absolute atomic E-state index is 11.8. The first kappa shape index (κ1) is 40.0. The van der Waals surface area contributed by atoms with Gasteiger partial charge in [0, 0.05) is 18.2 Å². The Hall–Kier alpha value is -1.18. The highest BCUT2D eigenvalue weighted by Crippen LogP contribution is 2.68. The minimum absolute atomic E-state index is 0.0889. The van der Waals surface area contributed by atoms with Crippen LogP contribution in [0.1, 0.15) is 136 Å². The summed E-state index contributed by atoms with van der Waals surface area (Å²) >= 11 is 0. The molecule has 0 amide bonds. The number of hydrogen-bond acceptors (Lipinski definition) is 6. The summed E-state index contributed by atoms with van der Waals surface area (Å²) in [5, 5.41) is 36.3. The number of phenols is 1. The summed E-state index contributed by atoms with van der Waals surface area (Å²) in [5.74, 6) is 5.56. The topological polar surface area (TPSA) is 88.6 Å². The second kappa shape index (κ2) is 19.2. The zero-order valence-electron chi connectivity index (χ0n) is 33.0. The lowest BCUT2D eigenvalue weighted by atomic mass is 9.43. The number of fused-ring (bicyclic) bond motifs is 5. The van der Waals surface area contributed by atoms with E-state index in [2.05, 4.69) is 55.9 Å². The summed E-state index contributed by atoms with van der Waals surface area (Å²) in [5.41, 5.74) is 1.83. The van der Waals surface area contributed by atoms with Crippen LogP contribution in [0.25, 0.3) is 0 Å². The average molecular weight is 695 g/mol. The number of rotatable bonds is 21. The molecule has 0 heterocycles. The third kappa shape index (κ3) is 10.1. The summed E-state index contributed by atoms with van der Waals surface area (Å²) in [7, 11) is 0. The van der Waals surface area contributed by atoms with Gasteiger partial charge in [-0.15, -0.1) is 0 Å². The molecule has 286 valence electrons. The van der Waals surface area contributed by atoms with Crippen LogP contribution >= 0.6 is 0 Å². The Balaban J connectivity index is 0.915. The number of aromatic hydroxyl groups is 1. The Morgan fingerprint density at radius 1 is 0.720 bits per heavy atom. The number of phenolic OH excluding ortho intramolecular Hbond substituents is 1. The van der Waals surface area contributed by atoms with Crippen molar-refractivity contribution in [3.63, 3.8) is 0 Å². The highest BCUT2D eigenvalue weighted by molar-refractivity contribution is 5.31. The zero-order valence-corrected chi connectivity index (χ0v) is 33.0. The molecule has 0 spiro atoms. The van der Waals surface area contributed by atoms with E-state index in [4.69, 9.17) is 0 Å². The molecule has 0 radical (unpaired) electrons. The molecule has 1 aromatic rings. The van der Waals surface area contributed by atoms with Crippen molar-refractivity contribution in [1.82, 2.24) is 21.3 Å². The van der Waals surface area contributed by atoms with Gasteiger partial charge in [-0.3, -0.25) is 0 Å². The first-order valence-corrected chi connectivity index (χ1v) is 21.4. The second-order valence-corrected chi connectivity index (χ2v) is 18.5. The van der Waals surface area contributed by atoms with Gasteiger partial charge in [0.05, 0.1) is 6.10 Å². The van der Waals surface area contributed by atoms with Crippen LogP contribution in [0.4, 0.5) is 0 Å². The van der Waals surface area contributed by atoms with Crippen LogP contribution in [0, 0.1) is 52.3 Å². The number of unbranched alkanes of at least 4 members (excludes halogenated alkanes) is 1. The SMILES string of the molecule is CC(C)CCC[C@H](C)C1CCC2C3C(CC[C@@]21C)[C@@]1(C)CC[C@H](NCCCNCCCCNCCCNCc2ccccc2O)CC1C[C@@H]3O. The Morgan fingerprint density at radius 3 is 2.12 bits per heavy atom. The highest BCUT2D eigenvalue weighted by Gasteiger charge is 2.62. The summed E-state index contributed by atoms with van der Waals surface area (Å²) in [6, 6.07) is 8.17. The zero-order chi connectivity index (χ0) is 35.6. The molecule has 0 bridgehead atoms. The molecule has 1 aromatic carbocycles. The van der Waals surface area contributed by atoms with Crippen LogP contribution in [0.3, 0.4) is 0 Å². The molecule has 4 aliphatic rings. The van der Waals surface area contributed by atoms with Crippen LogP contribution in [0.15, 0.2) is 24.3 Å². The largest absolute Gasteiger partial charge is 0.508 e. The normalized spacial score (nSPS) is 34.3. The predicted molar refractivity (Wildman–Crippen MR) is 210 cm³/mol. The van der Waals surface area contributed by atoms with Crippen LogP contribution < -0.4 is 21.3 Å². The molecule has 5 unspecified atom stereocenters. The molecule has 4 fully saturated rings. The number of benzene rings is 1. The number of para-hydroxylation sites is 1. The van der Waals surface area contributed by atoms with Crippen LogP contribution in [-0.4, -0.2) is 61.6 Å². The lowest BCUT2D eigenvalue weighted by Crippen LogP contribution is -2.59. The maximum Gasteiger partial charge on any atom is 0.120 e. The molecule has 6 nitrogen and oxygen atoms in total. The number of nitrogens with one attached hydrogen (secondary N) is 4. The van der Waals surface area contributed by atoms with Crippen molar-refractivity contribution >= 4 is 0 Å². The van der Waals surface area contributed by atoms with Crippen molar-refractivity contribution in [3.05, 3.63) is 29.8 Å². The van der Waals surface area contributed by atoms with Gasteiger partial charge in [0.25, 0.3) is 0 Å². The Kier molecular flexibility index (Phi) is 15.4. The van der Waals surface area contributed by atoms with Crippen LogP contribution in [0.2, 0.25) is 0 Å². The number of hydrogen-bond donors (Lipinski definition) is 6. The van der Waals surface area contributed by atoms with Gasteiger partial charge in [0.1, 0.15) is 5.75 Å². The smallest absolute Gasteiger partial charge is 0.120 e. The molecule has 6 N–H and O–H groups in total. The van der Waals surface area contributed by atoms with E-state index < -0.39 is 0 Å². The monoisotopic (exact) mass is 695 g/mol. The van der Waals surface area contributed by atoms with Crippen molar-refractivity contribution in [2.75, 3.05) is 39.3 Å². The summed E-state index contributed by atoms with van der Waals surface area (Å²) in [6.07, 6.45) is 19.3. The van der Waals surface area contributed by atoms with Crippen molar-refractivity contribution in [2.45, 2.75) is 150 Å². The molecule has 50 heavy (non-hydrogen) atoms. The van der Waals surface area contributed by atoms with E-state index >= 15 is 0 Å². The minimum Gasteiger partial charge on any atom is -0.508 e. The molecule has 10 atom stereocenters. The fourth-order valence-corrected chi connectivity index (χ4v) is 11.9. The lowest BCUT2D eigenvalue weighted by molar-refractivity contribution is -0.167. The summed E-state index contributed by atoms with van der Waals surface area (Å²) < 4.78 is 0. The van der Waals surface area contributed by atoms with Gasteiger partial charge in [-0.2, -0.15) is 0 Å². The summed E-state index contributed by atoms with van der Waals surface area (Å²) in [4.78, 5) is 0. The molecule has 4 saturated carbocycles. The highest BCUT2D eigenvalue weighted by atomic mass is 16.3. The average Bonchev–Trinajstić information content (AvgIpc) is 3.44. The van der Waals surface area contributed by atoms with Crippen molar-refractivity contribution in [1.29, 1.82) is 0 Å². The van der Waals surface area contributed by atoms with Gasteiger partial charge in [0.15, 0.2) is 0 Å². The molecule has 4 aliphatic carbocycles. The maximum atomic E-state index is 11.8. The van der Waals surface area contributed by atoms with Crippen molar-refractivity contribution in [2.24, 2.45) is 52.3 Å². The Morgan fingerprint density at radius 2 is 1.38 bits per heavy atom. The van der Waals surface area contributed by atoms with Gasteiger partial charge >= 0.3 is 0 Å². The molecule has 0 aromatic heterocycles. The molecule has 0 aliphatic heterocycles. The van der Waals surface area contributed by atoms with Gasteiger partial charge in [-0.05, 0) is 175 Å². The van der Waals surface area contributed by atoms with E-state index in [9.17, 15) is 10.2 Å². The summed E-state index contributed by atoms with van der Waals surface area (Å²) in [6.45, 7) is 19.7. The first-order valence-electron chi connectivity index (χ1n) is 21.4. The number of aliphatic hydroxyl groups excluding tert-OH is 1. The minimum atomic E-state index is -0.0889. The Labute approximate surface area is 307 Å². The first-order chi connectivity index (χ1) is 24.1. The second-order valence-electron chi connectivity index (χ2n) is 18.5. The third-order valence-electron chi connectivity index (χ3n) is 14.8. The van der Waals surface area contributed by atoms with Crippen LogP contribution in [-0.2, 0) is 6.54 Å². The van der Waals surface area contributed by atoms with Crippen LogP contribution in [0.5, 0.6) is 5.75 Å². The predicted octanol–water partition coefficient (Wildman–Crippen LogP) is 8.27. The molecular formula is C44H78N4O2. The molecule has 0 saturated heterocycles. The van der Waals surface area contributed by atoms with E-state index in [1.807, 2.05) is 18.2 Å². The fraction of sp³-hybridized carbons (Fsp3) is 0.864. The third-order valence-corrected chi connectivity index (χ3v) is 14.8. The van der Waals surface area contributed by atoms with E-state index in [1.165, 1.54) is 83.5 Å². The van der Waals surface area contributed by atoms with E-state index in [-0.39, 0.29) is 6.10 Å². The van der Waals surface area contributed by atoms with E-state index in [0.29, 0.717) is 34.5 Å². The Bertz CT molecular complexity index is 1130. The van der Waals surface area contributed by atoms with Gasteiger partial charge in [-0.25, -0.2) is 0 Å². The molecule has 6 heteroatoms. The van der Waals surface area contributed by atoms with Crippen molar-refractivity contribution < 1.29 is 10.2 Å². The standard InChI is InChI=1S/C44H78N4O2/c1-32(2)13-10-14-33(3)37-17-18-38-42-39(20-22-44(37,38)5)43(4)21-19-36(29-35(43)30-41(42)50)48-28-12-26-46-24-9-8-23-45-25-11-27-47-31-34-15-6-7-16-40(34)49/h6-7,15-16,32-33,35-39,41-42,45-50H,8-14,17-31H2,1-5H3/t33-,35?,36-,37?,38?,39?,41-,42?,43-,44+/m0/s1. The lowest BCUT2D eigenvalue weighted by Gasteiger charge is -2.62. The fourth-order valence-electron chi connectivity index (χ4n) is 11.9. The molecular weight excluding hydrogens is 617 g/mol. The van der Waals surface area contributed by atoms with Gasteiger partial charge in [0.2, 0.25) is 0 Å². The van der Waals surface area contributed by atoms with Gasteiger partial charge in [-0.1, -0.05) is 72.1 Å².